The molecule has 5 nitrogen and oxygen atoms in total. The van der Waals surface area contributed by atoms with Crippen molar-refractivity contribution in [2.75, 3.05) is 11.9 Å². The van der Waals surface area contributed by atoms with Crippen LogP contribution in [0.25, 0.3) is 11.3 Å². The number of anilines is 1. The standard InChI is InChI=1S/C14H15N3O2/c1-9-3-4-10(2)11(7-9)12-5-6-15-14(17-12)16-8-13(18)19/h3-7H,8H2,1-2H3,(H,18,19)(H,15,16,17). The van der Waals surface area contributed by atoms with Crippen molar-refractivity contribution in [1.82, 2.24) is 9.97 Å². The molecule has 0 fully saturated rings. The number of carbonyl (C=O) groups is 1. The summed E-state index contributed by atoms with van der Waals surface area (Å²) in [4.78, 5) is 18.8. The molecule has 5 heteroatoms. The van der Waals surface area contributed by atoms with Gasteiger partial charge in [0.25, 0.3) is 0 Å². The van der Waals surface area contributed by atoms with Crippen LogP contribution < -0.4 is 5.32 Å². The van der Waals surface area contributed by atoms with Gasteiger partial charge >= 0.3 is 5.97 Å². The van der Waals surface area contributed by atoms with E-state index in [0.29, 0.717) is 5.95 Å². The van der Waals surface area contributed by atoms with Gasteiger partial charge in [0.05, 0.1) is 5.69 Å². The summed E-state index contributed by atoms with van der Waals surface area (Å²) in [6, 6.07) is 7.95. The number of aryl methyl sites for hydroxylation is 2. The van der Waals surface area contributed by atoms with E-state index in [1.54, 1.807) is 6.20 Å². The molecule has 0 aliphatic heterocycles. The maximum atomic E-state index is 10.5. The number of hydrogen-bond acceptors (Lipinski definition) is 4. The summed E-state index contributed by atoms with van der Waals surface area (Å²) in [6.45, 7) is 3.84. The summed E-state index contributed by atoms with van der Waals surface area (Å²) in [5, 5.41) is 11.3. The summed E-state index contributed by atoms with van der Waals surface area (Å²) in [7, 11) is 0. The van der Waals surface area contributed by atoms with E-state index in [0.717, 1.165) is 22.4 Å². The minimum atomic E-state index is -0.944. The van der Waals surface area contributed by atoms with Crippen molar-refractivity contribution in [3.05, 3.63) is 41.6 Å². The van der Waals surface area contributed by atoms with Crippen molar-refractivity contribution in [3.8, 4) is 11.3 Å². The Hall–Kier alpha value is -2.43. The second kappa shape index (κ2) is 5.48. The van der Waals surface area contributed by atoms with Crippen LogP contribution in [-0.4, -0.2) is 27.6 Å². The highest BCUT2D eigenvalue weighted by Crippen LogP contribution is 2.23. The van der Waals surface area contributed by atoms with E-state index in [4.69, 9.17) is 5.11 Å². The van der Waals surface area contributed by atoms with Gasteiger partial charge in [0.1, 0.15) is 6.54 Å². The monoisotopic (exact) mass is 257 g/mol. The molecule has 0 unspecified atom stereocenters. The number of benzene rings is 1. The van der Waals surface area contributed by atoms with E-state index in [-0.39, 0.29) is 6.54 Å². The highest BCUT2D eigenvalue weighted by Gasteiger charge is 2.06. The van der Waals surface area contributed by atoms with Crippen molar-refractivity contribution in [2.45, 2.75) is 13.8 Å². The van der Waals surface area contributed by atoms with Crippen molar-refractivity contribution < 1.29 is 9.90 Å². The quantitative estimate of drug-likeness (QED) is 0.878. The molecule has 19 heavy (non-hydrogen) atoms. The predicted molar refractivity (Wildman–Crippen MR) is 73.1 cm³/mol. The summed E-state index contributed by atoms with van der Waals surface area (Å²) in [5.41, 5.74) is 4.08. The van der Waals surface area contributed by atoms with E-state index in [9.17, 15) is 4.79 Å². The molecule has 0 aliphatic rings. The molecule has 0 radical (unpaired) electrons. The van der Waals surface area contributed by atoms with Crippen LogP contribution in [0.1, 0.15) is 11.1 Å². The van der Waals surface area contributed by atoms with Crippen LogP contribution >= 0.6 is 0 Å². The molecule has 0 aliphatic carbocycles. The Morgan fingerprint density at radius 2 is 2.11 bits per heavy atom. The van der Waals surface area contributed by atoms with Crippen molar-refractivity contribution >= 4 is 11.9 Å². The number of aromatic nitrogens is 2. The van der Waals surface area contributed by atoms with E-state index in [1.807, 2.05) is 32.0 Å². The van der Waals surface area contributed by atoms with Crippen LogP contribution in [0.15, 0.2) is 30.5 Å². The summed E-state index contributed by atoms with van der Waals surface area (Å²) in [5.74, 6) is -0.624. The van der Waals surface area contributed by atoms with Gasteiger partial charge in [-0.2, -0.15) is 0 Å². The molecule has 0 saturated carbocycles. The molecule has 2 rings (SSSR count). The van der Waals surface area contributed by atoms with E-state index >= 15 is 0 Å². The third-order valence-electron chi connectivity index (χ3n) is 2.72. The Labute approximate surface area is 111 Å². The Morgan fingerprint density at radius 1 is 1.32 bits per heavy atom. The third kappa shape index (κ3) is 3.28. The Balaban J connectivity index is 2.32. The molecular formula is C14H15N3O2. The second-order valence-corrected chi connectivity index (χ2v) is 4.33. The smallest absolute Gasteiger partial charge is 0.322 e. The number of aliphatic carboxylic acids is 1. The SMILES string of the molecule is Cc1ccc(C)c(-c2ccnc(NCC(=O)O)n2)c1. The molecule has 0 bridgehead atoms. The first-order valence-electron chi connectivity index (χ1n) is 5.92. The topological polar surface area (TPSA) is 75.1 Å². The zero-order chi connectivity index (χ0) is 13.8. The van der Waals surface area contributed by atoms with Gasteiger partial charge in [-0.15, -0.1) is 0 Å². The van der Waals surface area contributed by atoms with E-state index in [2.05, 4.69) is 21.4 Å². The first-order chi connectivity index (χ1) is 9.06. The molecule has 98 valence electrons. The zero-order valence-electron chi connectivity index (χ0n) is 10.8. The van der Waals surface area contributed by atoms with Crippen LogP contribution in [-0.2, 0) is 4.79 Å². The van der Waals surface area contributed by atoms with Gasteiger partial charge in [-0.1, -0.05) is 17.7 Å². The number of rotatable bonds is 4. The zero-order valence-corrected chi connectivity index (χ0v) is 10.8. The number of carboxylic acid groups (broad SMARTS) is 1. The molecule has 0 amide bonds. The molecule has 0 spiro atoms. The second-order valence-electron chi connectivity index (χ2n) is 4.33. The molecule has 1 aromatic heterocycles. The first-order valence-corrected chi connectivity index (χ1v) is 5.92. The lowest BCUT2D eigenvalue weighted by Crippen LogP contribution is -2.14. The lowest BCUT2D eigenvalue weighted by atomic mass is 10.0. The first kappa shape index (κ1) is 13.0. The molecular weight excluding hydrogens is 242 g/mol. The van der Waals surface area contributed by atoms with Crippen molar-refractivity contribution in [2.24, 2.45) is 0 Å². The number of nitrogens with zero attached hydrogens (tertiary/aromatic N) is 2. The van der Waals surface area contributed by atoms with Gasteiger partial charge < -0.3 is 10.4 Å². The van der Waals surface area contributed by atoms with Gasteiger partial charge in [0, 0.05) is 11.8 Å². The fourth-order valence-corrected chi connectivity index (χ4v) is 1.76. The van der Waals surface area contributed by atoms with E-state index in [1.165, 1.54) is 0 Å². The summed E-state index contributed by atoms with van der Waals surface area (Å²) < 4.78 is 0. The highest BCUT2D eigenvalue weighted by molar-refractivity contribution is 5.72. The van der Waals surface area contributed by atoms with E-state index < -0.39 is 5.97 Å². The largest absolute Gasteiger partial charge is 0.480 e. The number of nitrogens with one attached hydrogen (secondary N) is 1. The fraction of sp³-hybridized carbons (Fsp3) is 0.214. The number of carboxylic acids is 1. The molecule has 1 heterocycles. The maximum absolute atomic E-state index is 10.5. The van der Waals surface area contributed by atoms with Crippen LogP contribution in [0, 0.1) is 13.8 Å². The van der Waals surface area contributed by atoms with Crippen molar-refractivity contribution in [1.29, 1.82) is 0 Å². The minimum absolute atomic E-state index is 0.198. The molecule has 0 atom stereocenters. The number of hydrogen-bond donors (Lipinski definition) is 2. The van der Waals surface area contributed by atoms with Crippen LogP contribution in [0.2, 0.25) is 0 Å². The fourth-order valence-electron chi connectivity index (χ4n) is 1.76. The lowest BCUT2D eigenvalue weighted by Gasteiger charge is -2.08. The van der Waals surface area contributed by atoms with Gasteiger partial charge in [-0.05, 0) is 31.5 Å². The van der Waals surface area contributed by atoms with Crippen LogP contribution in [0.5, 0.6) is 0 Å². The Morgan fingerprint density at radius 3 is 2.84 bits per heavy atom. The maximum Gasteiger partial charge on any atom is 0.322 e. The van der Waals surface area contributed by atoms with Gasteiger partial charge in [0.15, 0.2) is 0 Å². The summed E-state index contributed by atoms with van der Waals surface area (Å²) >= 11 is 0. The normalized spacial score (nSPS) is 10.2. The Kier molecular flexibility index (Phi) is 3.75. The van der Waals surface area contributed by atoms with Crippen LogP contribution in [0.3, 0.4) is 0 Å². The lowest BCUT2D eigenvalue weighted by molar-refractivity contribution is -0.134. The highest BCUT2D eigenvalue weighted by atomic mass is 16.4. The van der Waals surface area contributed by atoms with Gasteiger partial charge in [0.2, 0.25) is 5.95 Å². The van der Waals surface area contributed by atoms with Crippen molar-refractivity contribution in [3.63, 3.8) is 0 Å². The molecule has 0 saturated heterocycles. The molecule has 2 N–H and O–H groups in total. The van der Waals surface area contributed by atoms with Crippen LogP contribution in [0.4, 0.5) is 5.95 Å². The average Bonchev–Trinajstić information content (AvgIpc) is 2.39. The Bertz CT molecular complexity index is 611. The predicted octanol–water partition coefficient (Wildman–Crippen LogP) is 2.26. The molecule has 1 aromatic carbocycles. The summed E-state index contributed by atoms with van der Waals surface area (Å²) in [6.07, 6.45) is 1.62. The third-order valence-corrected chi connectivity index (χ3v) is 2.72. The average molecular weight is 257 g/mol. The molecule has 2 aromatic rings. The van der Waals surface area contributed by atoms with Gasteiger partial charge in [-0.25, -0.2) is 9.97 Å². The minimum Gasteiger partial charge on any atom is -0.480 e. The van der Waals surface area contributed by atoms with Gasteiger partial charge in [-0.3, -0.25) is 4.79 Å².